The molecule has 0 saturated heterocycles. The highest BCUT2D eigenvalue weighted by Gasteiger charge is 2.15. The minimum absolute atomic E-state index is 0.114. The van der Waals surface area contributed by atoms with Gasteiger partial charge in [0.25, 0.3) is 6.43 Å². The lowest BCUT2D eigenvalue weighted by Crippen LogP contribution is -2.17. The first-order valence-corrected chi connectivity index (χ1v) is 4.88. The summed E-state index contributed by atoms with van der Waals surface area (Å²) in [6.45, 7) is 0.338. The number of aliphatic hydroxyl groups excluding tert-OH is 1. The summed E-state index contributed by atoms with van der Waals surface area (Å²) in [5.41, 5.74) is 0.388. The van der Waals surface area contributed by atoms with Gasteiger partial charge in [0.15, 0.2) is 0 Å². The molecule has 0 fully saturated rings. The predicted molar refractivity (Wildman–Crippen MR) is 56.8 cm³/mol. The number of methoxy groups -OCH3 is 1. The summed E-state index contributed by atoms with van der Waals surface area (Å²) < 4.78 is 29.9. The van der Waals surface area contributed by atoms with Gasteiger partial charge in [0.2, 0.25) is 0 Å². The van der Waals surface area contributed by atoms with Crippen LogP contribution >= 0.6 is 0 Å². The van der Waals surface area contributed by atoms with E-state index in [9.17, 15) is 13.9 Å². The van der Waals surface area contributed by atoms with Gasteiger partial charge in [-0.25, -0.2) is 8.78 Å². The summed E-state index contributed by atoms with van der Waals surface area (Å²) in [6, 6.07) is 4.00. The highest BCUT2D eigenvalue weighted by Crippen LogP contribution is 2.30. The molecule has 1 rings (SSSR count). The van der Waals surface area contributed by atoms with Gasteiger partial charge >= 0.3 is 0 Å². The number of ether oxygens (including phenoxy) is 1. The summed E-state index contributed by atoms with van der Waals surface area (Å²) in [7, 11) is 3.09. The number of rotatable bonds is 5. The lowest BCUT2D eigenvalue weighted by molar-refractivity contribution is 0.150. The maximum atomic E-state index is 12.4. The quantitative estimate of drug-likeness (QED) is 0.813. The minimum Gasteiger partial charge on any atom is -0.496 e. The van der Waals surface area contributed by atoms with Crippen LogP contribution in [0, 0.1) is 0 Å². The molecule has 0 aliphatic heterocycles. The van der Waals surface area contributed by atoms with Crippen LogP contribution in [0.2, 0.25) is 0 Å². The predicted octanol–water partition coefficient (Wildman–Crippen LogP) is 1.89. The van der Waals surface area contributed by atoms with Crippen molar-refractivity contribution in [2.45, 2.75) is 12.5 Å². The van der Waals surface area contributed by atoms with E-state index in [0.717, 1.165) is 0 Å². The van der Waals surface area contributed by atoms with E-state index in [1.54, 1.807) is 7.05 Å². The molecule has 1 aromatic carbocycles. The lowest BCUT2D eigenvalue weighted by Gasteiger charge is -2.15. The first-order valence-electron chi connectivity index (χ1n) is 4.88. The molecule has 1 aromatic rings. The van der Waals surface area contributed by atoms with Crippen molar-refractivity contribution < 1.29 is 18.6 Å². The minimum atomic E-state index is -2.54. The average Bonchev–Trinajstić information content (AvgIpc) is 2.28. The molecule has 0 saturated carbocycles. The Labute approximate surface area is 93.0 Å². The Morgan fingerprint density at radius 1 is 1.44 bits per heavy atom. The zero-order valence-electron chi connectivity index (χ0n) is 9.21. The monoisotopic (exact) mass is 231 g/mol. The summed E-state index contributed by atoms with van der Waals surface area (Å²) in [6.07, 6.45) is -3.31. The molecule has 1 unspecified atom stereocenters. The van der Waals surface area contributed by atoms with Gasteiger partial charge in [-0.1, -0.05) is 12.1 Å². The van der Waals surface area contributed by atoms with Gasteiger partial charge in [-0.05, 0) is 13.1 Å². The van der Waals surface area contributed by atoms with Crippen LogP contribution in [-0.2, 0) is 0 Å². The van der Waals surface area contributed by atoms with Crippen LogP contribution in [0.15, 0.2) is 18.2 Å². The number of likely N-dealkylation sites (N-methyl/N-ethyl adjacent to an activating group) is 1. The summed E-state index contributed by atoms with van der Waals surface area (Å²) >= 11 is 0. The average molecular weight is 231 g/mol. The lowest BCUT2D eigenvalue weighted by atomic mass is 10.1. The molecule has 3 nitrogen and oxygen atoms in total. The van der Waals surface area contributed by atoms with E-state index < -0.39 is 12.5 Å². The van der Waals surface area contributed by atoms with Crippen molar-refractivity contribution in [1.82, 2.24) is 5.32 Å². The van der Waals surface area contributed by atoms with Gasteiger partial charge < -0.3 is 15.2 Å². The van der Waals surface area contributed by atoms with Crippen LogP contribution in [0.5, 0.6) is 5.75 Å². The number of alkyl halides is 2. The molecule has 0 radical (unpaired) electrons. The van der Waals surface area contributed by atoms with E-state index in [1.165, 1.54) is 25.3 Å². The maximum absolute atomic E-state index is 12.4. The largest absolute Gasteiger partial charge is 0.496 e. The van der Waals surface area contributed by atoms with Crippen LogP contribution in [0.25, 0.3) is 0 Å². The summed E-state index contributed by atoms with van der Waals surface area (Å²) in [4.78, 5) is 0. The van der Waals surface area contributed by atoms with Crippen molar-refractivity contribution >= 4 is 0 Å². The Morgan fingerprint density at radius 2 is 2.12 bits per heavy atom. The Morgan fingerprint density at radius 3 is 2.62 bits per heavy atom. The van der Waals surface area contributed by atoms with Crippen molar-refractivity contribution in [3.8, 4) is 5.75 Å². The van der Waals surface area contributed by atoms with Crippen LogP contribution in [0.4, 0.5) is 8.78 Å². The molecular weight excluding hydrogens is 216 g/mol. The molecular formula is C11H15F2NO2. The fraction of sp³-hybridized carbons (Fsp3) is 0.455. The van der Waals surface area contributed by atoms with Crippen molar-refractivity contribution in [2.24, 2.45) is 0 Å². The highest BCUT2D eigenvalue weighted by atomic mass is 19.3. The fourth-order valence-electron chi connectivity index (χ4n) is 1.44. The smallest absolute Gasteiger partial charge is 0.263 e. The number of halogens is 2. The first kappa shape index (κ1) is 12.9. The van der Waals surface area contributed by atoms with E-state index in [1.807, 2.05) is 0 Å². The Kier molecular flexibility index (Phi) is 4.64. The Bertz CT molecular complexity index is 345. The molecule has 2 N–H and O–H groups in total. The van der Waals surface area contributed by atoms with Gasteiger partial charge in [-0.3, -0.25) is 0 Å². The topological polar surface area (TPSA) is 41.5 Å². The van der Waals surface area contributed by atoms with Crippen molar-refractivity contribution in [3.05, 3.63) is 29.3 Å². The van der Waals surface area contributed by atoms with Crippen LogP contribution in [-0.4, -0.2) is 25.8 Å². The van der Waals surface area contributed by atoms with Crippen molar-refractivity contribution in [2.75, 3.05) is 20.7 Å². The Balaban J connectivity index is 3.01. The zero-order valence-corrected chi connectivity index (χ0v) is 9.21. The van der Waals surface area contributed by atoms with Gasteiger partial charge in [-0.2, -0.15) is 0 Å². The van der Waals surface area contributed by atoms with Crippen LogP contribution in [0.3, 0.4) is 0 Å². The second kappa shape index (κ2) is 5.77. The van der Waals surface area contributed by atoms with E-state index >= 15 is 0 Å². The van der Waals surface area contributed by atoms with E-state index in [2.05, 4.69) is 5.32 Å². The molecule has 16 heavy (non-hydrogen) atoms. The van der Waals surface area contributed by atoms with Gasteiger partial charge in [0.05, 0.1) is 13.2 Å². The number of hydrogen-bond donors (Lipinski definition) is 2. The van der Waals surface area contributed by atoms with Crippen LogP contribution < -0.4 is 10.1 Å². The molecule has 0 heterocycles. The fourth-order valence-corrected chi connectivity index (χ4v) is 1.44. The van der Waals surface area contributed by atoms with Crippen LogP contribution in [0.1, 0.15) is 23.7 Å². The zero-order chi connectivity index (χ0) is 12.1. The number of nitrogens with one attached hydrogen (secondary N) is 1. The van der Waals surface area contributed by atoms with Gasteiger partial charge in [-0.15, -0.1) is 0 Å². The molecule has 0 spiro atoms. The van der Waals surface area contributed by atoms with Crippen molar-refractivity contribution in [1.29, 1.82) is 0 Å². The number of hydrogen-bond acceptors (Lipinski definition) is 3. The Hall–Kier alpha value is -1.20. The third kappa shape index (κ3) is 2.90. The van der Waals surface area contributed by atoms with E-state index in [-0.39, 0.29) is 11.3 Å². The second-order valence-electron chi connectivity index (χ2n) is 3.38. The third-order valence-electron chi connectivity index (χ3n) is 2.27. The van der Waals surface area contributed by atoms with Gasteiger partial charge in [0, 0.05) is 17.7 Å². The number of aliphatic hydroxyl groups is 1. The standard InChI is InChI=1S/C11H15F2NO2/c1-14-6-9(15)8-4-3-7(11(12)13)5-10(8)16-2/h3-5,9,11,14-15H,6H2,1-2H3. The summed E-state index contributed by atoms with van der Waals surface area (Å²) in [5.74, 6) is 0.278. The van der Waals surface area contributed by atoms with Gasteiger partial charge in [0.1, 0.15) is 5.75 Å². The molecule has 0 aliphatic carbocycles. The molecule has 90 valence electrons. The molecule has 0 amide bonds. The first-order chi connectivity index (χ1) is 7.60. The summed E-state index contributed by atoms with van der Waals surface area (Å²) in [5, 5.41) is 12.5. The molecule has 1 atom stereocenters. The van der Waals surface area contributed by atoms with E-state index in [0.29, 0.717) is 12.1 Å². The molecule has 0 aliphatic rings. The third-order valence-corrected chi connectivity index (χ3v) is 2.27. The van der Waals surface area contributed by atoms with E-state index in [4.69, 9.17) is 4.74 Å². The molecule has 0 aromatic heterocycles. The second-order valence-corrected chi connectivity index (χ2v) is 3.38. The normalized spacial score (nSPS) is 12.9. The molecule has 0 bridgehead atoms. The highest BCUT2D eigenvalue weighted by molar-refractivity contribution is 5.39. The maximum Gasteiger partial charge on any atom is 0.263 e. The molecule has 5 heteroatoms. The SMILES string of the molecule is CNCC(O)c1ccc(C(F)F)cc1OC. The number of benzene rings is 1. The van der Waals surface area contributed by atoms with Crippen molar-refractivity contribution in [3.63, 3.8) is 0 Å².